The molecule has 0 radical (unpaired) electrons. The maximum Gasteiger partial charge on any atom is 0.245 e. The molecule has 0 aliphatic carbocycles. The van der Waals surface area contributed by atoms with E-state index in [0.29, 0.717) is 17.7 Å². The van der Waals surface area contributed by atoms with Crippen molar-refractivity contribution < 1.29 is 9.15 Å². The van der Waals surface area contributed by atoms with Crippen molar-refractivity contribution in [3.8, 4) is 0 Å². The Kier molecular flexibility index (Phi) is 3.80. The van der Waals surface area contributed by atoms with Crippen molar-refractivity contribution in [2.75, 3.05) is 13.7 Å². The summed E-state index contributed by atoms with van der Waals surface area (Å²) in [5.74, 6) is 1.59. The highest BCUT2D eigenvalue weighted by Crippen LogP contribution is 2.34. The summed E-state index contributed by atoms with van der Waals surface area (Å²) in [5, 5.41) is 11.6. The molecule has 3 atom stereocenters. The topological polar surface area (TPSA) is 60.2 Å². The lowest BCUT2D eigenvalue weighted by molar-refractivity contribution is 0.0701. The van der Waals surface area contributed by atoms with E-state index in [-0.39, 0.29) is 12.1 Å². The van der Waals surface area contributed by atoms with Crippen LogP contribution in [-0.2, 0) is 4.74 Å². The molecule has 2 aromatic rings. The highest BCUT2D eigenvalue weighted by atomic mass is 16.5. The number of nitrogens with zero attached hydrogens (tertiary/aromatic N) is 2. The normalized spacial score (nSPS) is 23.9. The predicted molar refractivity (Wildman–Crippen MR) is 74.1 cm³/mol. The molecular formula is C15H19N3O2. The van der Waals surface area contributed by atoms with E-state index in [1.165, 1.54) is 0 Å². The van der Waals surface area contributed by atoms with Crippen LogP contribution in [0.1, 0.15) is 42.8 Å². The third kappa shape index (κ3) is 2.46. The second-order valence-electron chi connectivity index (χ2n) is 5.17. The van der Waals surface area contributed by atoms with Crippen molar-refractivity contribution in [2.45, 2.75) is 25.5 Å². The fourth-order valence-corrected chi connectivity index (χ4v) is 2.57. The maximum atomic E-state index is 5.84. The number of hydrogen-bond acceptors (Lipinski definition) is 5. The van der Waals surface area contributed by atoms with Gasteiger partial charge in [0.25, 0.3) is 0 Å². The van der Waals surface area contributed by atoms with Gasteiger partial charge >= 0.3 is 0 Å². The van der Waals surface area contributed by atoms with Crippen LogP contribution in [0, 0.1) is 5.92 Å². The second kappa shape index (κ2) is 5.73. The van der Waals surface area contributed by atoms with Crippen molar-refractivity contribution in [1.82, 2.24) is 15.5 Å². The van der Waals surface area contributed by atoms with E-state index in [9.17, 15) is 0 Å². The summed E-state index contributed by atoms with van der Waals surface area (Å²) in [5.41, 5.74) is 1.10. The van der Waals surface area contributed by atoms with Gasteiger partial charge in [0.05, 0.1) is 0 Å². The molecule has 3 rings (SSSR count). The Morgan fingerprint density at radius 1 is 1.25 bits per heavy atom. The van der Waals surface area contributed by atoms with Crippen molar-refractivity contribution in [1.29, 1.82) is 0 Å². The first-order valence-corrected chi connectivity index (χ1v) is 6.96. The first kappa shape index (κ1) is 13.3. The van der Waals surface area contributed by atoms with E-state index in [2.05, 4.69) is 22.4 Å². The Morgan fingerprint density at radius 3 is 2.70 bits per heavy atom. The number of ether oxygens (including phenoxy) is 1. The van der Waals surface area contributed by atoms with E-state index < -0.39 is 0 Å². The van der Waals surface area contributed by atoms with Crippen LogP contribution in [0.5, 0.6) is 0 Å². The van der Waals surface area contributed by atoms with Gasteiger partial charge in [-0.3, -0.25) is 0 Å². The number of hydrogen-bond donors (Lipinski definition) is 1. The van der Waals surface area contributed by atoms with Crippen LogP contribution < -0.4 is 5.32 Å². The largest absolute Gasteiger partial charge is 0.420 e. The fourth-order valence-electron chi connectivity index (χ4n) is 2.57. The Hall–Kier alpha value is -1.72. The summed E-state index contributed by atoms with van der Waals surface area (Å²) in [6.07, 6.45) is 0.973. The summed E-state index contributed by atoms with van der Waals surface area (Å²) in [6.45, 7) is 2.91. The van der Waals surface area contributed by atoms with Crippen LogP contribution in [0.2, 0.25) is 0 Å². The Bertz CT molecular complexity index is 555. The molecule has 3 unspecified atom stereocenters. The lowest BCUT2D eigenvalue weighted by Crippen LogP contribution is -2.17. The first-order valence-electron chi connectivity index (χ1n) is 6.96. The van der Waals surface area contributed by atoms with Gasteiger partial charge in [-0.15, -0.1) is 10.2 Å². The van der Waals surface area contributed by atoms with Gasteiger partial charge in [0, 0.05) is 6.61 Å². The zero-order valence-corrected chi connectivity index (χ0v) is 11.7. The minimum Gasteiger partial charge on any atom is -0.420 e. The van der Waals surface area contributed by atoms with Gasteiger partial charge < -0.3 is 14.5 Å². The molecule has 5 heteroatoms. The minimum absolute atomic E-state index is 0.0653. The van der Waals surface area contributed by atoms with Crippen LogP contribution in [-0.4, -0.2) is 23.9 Å². The van der Waals surface area contributed by atoms with Gasteiger partial charge in [-0.2, -0.15) is 0 Å². The second-order valence-corrected chi connectivity index (χ2v) is 5.17. The highest BCUT2D eigenvalue weighted by molar-refractivity contribution is 5.23. The Balaban J connectivity index is 1.85. The van der Waals surface area contributed by atoms with E-state index in [1.54, 1.807) is 0 Å². The molecule has 0 spiro atoms. The Morgan fingerprint density at radius 2 is 2.05 bits per heavy atom. The van der Waals surface area contributed by atoms with Gasteiger partial charge in [-0.1, -0.05) is 37.3 Å². The predicted octanol–water partition coefficient (Wildman–Crippen LogP) is 2.48. The summed E-state index contributed by atoms with van der Waals surface area (Å²) >= 11 is 0. The molecule has 1 fully saturated rings. The quantitative estimate of drug-likeness (QED) is 0.927. The smallest absolute Gasteiger partial charge is 0.245 e. The van der Waals surface area contributed by atoms with Gasteiger partial charge in [0.15, 0.2) is 0 Å². The van der Waals surface area contributed by atoms with Crippen molar-refractivity contribution >= 4 is 0 Å². The molecule has 1 aromatic heterocycles. The Labute approximate surface area is 118 Å². The molecule has 1 aliphatic heterocycles. The van der Waals surface area contributed by atoms with Crippen LogP contribution in [0.15, 0.2) is 34.7 Å². The molecule has 5 nitrogen and oxygen atoms in total. The average molecular weight is 273 g/mol. The summed E-state index contributed by atoms with van der Waals surface area (Å²) < 4.78 is 11.5. The van der Waals surface area contributed by atoms with Crippen LogP contribution in [0.3, 0.4) is 0 Å². The first-order chi connectivity index (χ1) is 9.79. The van der Waals surface area contributed by atoms with Crippen molar-refractivity contribution in [2.24, 2.45) is 5.92 Å². The third-order valence-electron chi connectivity index (χ3n) is 3.76. The molecular weight excluding hydrogens is 254 g/mol. The molecule has 1 N–H and O–H groups in total. The SMILES string of the molecule is CNC(c1ccccc1)c1nnc(C2OCCC2C)o1. The van der Waals surface area contributed by atoms with Crippen LogP contribution >= 0.6 is 0 Å². The molecule has 1 aromatic carbocycles. The van der Waals surface area contributed by atoms with Crippen molar-refractivity contribution in [3.63, 3.8) is 0 Å². The molecule has 0 bridgehead atoms. The number of benzene rings is 1. The number of aromatic nitrogens is 2. The lowest BCUT2D eigenvalue weighted by Gasteiger charge is -2.12. The van der Waals surface area contributed by atoms with E-state index >= 15 is 0 Å². The molecule has 0 amide bonds. The van der Waals surface area contributed by atoms with Crippen molar-refractivity contribution in [3.05, 3.63) is 47.7 Å². The van der Waals surface area contributed by atoms with Gasteiger partial charge in [-0.25, -0.2) is 0 Å². The summed E-state index contributed by atoms with van der Waals surface area (Å²) in [7, 11) is 1.89. The molecule has 1 aliphatic rings. The molecule has 2 heterocycles. The monoisotopic (exact) mass is 273 g/mol. The van der Waals surface area contributed by atoms with Gasteiger partial charge in [0.2, 0.25) is 11.8 Å². The molecule has 106 valence electrons. The number of nitrogens with one attached hydrogen (secondary N) is 1. The van der Waals surface area contributed by atoms with E-state index in [0.717, 1.165) is 18.6 Å². The summed E-state index contributed by atoms with van der Waals surface area (Å²) in [4.78, 5) is 0. The zero-order valence-electron chi connectivity index (χ0n) is 11.7. The molecule has 0 saturated carbocycles. The highest BCUT2D eigenvalue weighted by Gasteiger charge is 2.31. The molecule has 1 saturated heterocycles. The van der Waals surface area contributed by atoms with Gasteiger partial charge in [-0.05, 0) is 24.9 Å². The van der Waals surface area contributed by atoms with Crippen LogP contribution in [0.25, 0.3) is 0 Å². The standard InChI is InChI=1S/C15H19N3O2/c1-10-8-9-19-13(10)15-18-17-14(20-15)12(16-2)11-6-4-3-5-7-11/h3-7,10,12-13,16H,8-9H2,1-2H3. The average Bonchev–Trinajstić information content (AvgIpc) is 3.10. The number of rotatable bonds is 4. The fraction of sp³-hybridized carbons (Fsp3) is 0.467. The third-order valence-corrected chi connectivity index (χ3v) is 3.76. The maximum absolute atomic E-state index is 5.84. The lowest BCUT2D eigenvalue weighted by atomic mass is 10.0. The molecule has 20 heavy (non-hydrogen) atoms. The summed E-state index contributed by atoms with van der Waals surface area (Å²) in [6, 6.07) is 9.98. The van der Waals surface area contributed by atoms with Crippen LogP contribution in [0.4, 0.5) is 0 Å². The zero-order chi connectivity index (χ0) is 13.9. The van der Waals surface area contributed by atoms with E-state index in [1.807, 2.05) is 37.4 Å². The van der Waals surface area contributed by atoms with Gasteiger partial charge in [0.1, 0.15) is 12.1 Å². The minimum atomic E-state index is -0.0887. The van der Waals surface area contributed by atoms with E-state index in [4.69, 9.17) is 9.15 Å².